The molecule has 2 aromatic carbocycles. The first-order valence-electron chi connectivity index (χ1n) is 4.82. The van der Waals surface area contributed by atoms with Gasteiger partial charge in [-0.3, -0.25) is 0 Å². The fourth-order valence-corrected chi connectivity index (χ4v) is 1.67. The second-order valence-electron chi connectivity index (χ2n) is 3.55. The first-order valence-corrected chi connectivity index (χ1v) is 4.82. The lowest BCUT2D eigenvalue weighted by atomic mass is 9.99. The van der Waals surface area contributed by atoms with Crippen LogP contribution < -0.4 is 0 Å². The van der Waals surface area contributed by atoms with E-state index in [9.17, 15) is 0 Å². The first-order chi connectivity index (χ1) is 6.77. The average Bonchev–Trinajstić information content (AvgIpc) is 2.19. The van der Waals surface area contributed by atoms with Gasteiger partial charge in [-0.1, -0.05) is 42.5 Å². The molecule has 0 heteroatoms. The van der Waals surface area contributed by atoms with Gasteiger partial charge in [0.2, 0.25) is 0 Å². The predicted octanol–water partition coefficient (Wildman–Crippen LogP) is 3.77. The molecule has 0 aliphatic carbocycles. The van der Waals surface area contributed by atoms with Crippen LogP contribution in [-0.4, -0.2) is 0 Å². The number of aryl methyl sites for hydroxylation is 2. The van der Waals surface area contributed by atoms with Crippen molar-refractivity contribution in [2.24, 2.45) is 0 Å². The van der Waals surface area contributed by atoms with Crippen molar-refractivity contribution in [3.63, 3.8) is 0 Å². The van der Waals surface area contributed by atoms with Crippen LogP contribution in [0.5, 0.6) is 0 Å². The second-order valence-corrected chi connectivity index (χ2v) is 3.55. The van der Waals surface area contributed by atoms with Gasteiger partial charge >= 0.3 is 0 Å². The SMILES string of the molecule is Cc1[c]c(C)c(-c2ccccc2)cc1. The maximum Gasteiger partial charge on any atom is -0.0114 e. The molecule has 0 aliphatic rings. The third-order valence-electron chi connectivity index (χ3n) is 2.37. The van der Waals surface area contributed by atoms with E-state index >= 15 is 0 Å². The smallest absolute Gasteiger partial charge is 0.0114 e. The molecule has 0 bridgehead atoms. The zero-order chi connectivity index (χ0) is 9.97. The van der Waals surface area contributed by atoms with E-state index in [1.165, 1.54) is 22.3 Å². The zero-order valence-electron chi connectivity index (χ0n) is 8.54. The molecule has 0 unspecified atom stereocenters. The van der Waals surface area contributed by atoms with Crippen LogP contribution in [0.25, 0.3) is 11.1 Å². The van der Waals surface area contributed by atoms with E-state index in [4.69, 9.17) is 0 Å². The summed E-state index contributed by atoms with van der Waals surface area (Å²) in [6.45, 7) is 4.18. The van der Waals surface area contributed by atoms with Gasteiger partial charge in [0.15, 0.2) is 0 Å². The van der Waals surface area contributed by atoms with Crippen LogP contribution in [-0.2, 0) is 0 Å². The molecule has 2 rings (SSSR count). The standard InChI is InChI=1S/C14H13/c1-11-8-9-14(12(2)10-11)13-6-4-3-5-7-13/h3-9H,1-2H3. The molecule has 0 spiro atoms. The van der Waals surface area contributed by atoms with E-state index in [1.807, 2.05) is 6.07 Å². The molecule has 0 amide bonds. The minimum Gasteiger partial charge on any atom is -0.0622 e. The molecule has 0 heterocycles. The largest absolute Gasteiger partial charge is 0.0622 e. The summed E-state index contributed by atoms with van der Waals surface area (Å²) in [5.41, 5.74) is 4.95. The van der Waals surface area contributed by atoms with Gasteiger partial charge in [-0.2, -0.15) is 0 Å². The molecule has 2 aromatic rings. The zero-order valence-corrected chi connectivity index (χ0v) is 8.54. The van der Waals surface area contributed by atoms with Crippen molar-refractivity contribution < 1.29 is 0 Å². The summed E-state index contributed by atoms with van der Waals surface area (Å²) >= 11 is 0. The maximum atomic E-state index is 3.34. The van der Waals surface area contributed by atoms with Gasteiger partial charge in [0.05, 0.1) is 0 Å². The van der Waals surface area contributed by atoms with Gasteiger partial charge in [0.25, 0.3) is 0 Å². The Morgan fingerprint density at radius 1 is 0.857 bits per heavy atom. The Balaban J connectivity index is 2.53. The Bertz CT molecular complexity index is 427. The van der Waals surface area contributed by atoms with Crippen molar-refractivity contribution in [1.82, 2.24) is 0 Å². The summed E-state index contributed by atoms with van der Waals surface area (Å²) in [7, 11) is 0. The fraction of sp³-hybridized carbons (Fsp3) is 0.143. The molecule has 0 saturated carbocycles. The highest BCUT2D eigenvalue weighted by Crippen LogP contribution is 2.23. The molecule has 1 radical (unpaired) electrons. The summed E-state index contributed by atoms with van der Waals surface area (Å²) in [5.74, 6) is 0. The van der Waals surface area contributed by atoms with E-state index in [0.29, 0.717) is 0 Å². The Morgan fingerprint density at radius 3 is 2.21 bits per heavy atom. The summed E-state index contributed by atoms with van der Waals surface area (Å²) in [6.07, 6.45) is 0. The predicted molar refractivity (Wildman–Crippen MR) is 60.2 cm³/mol. The second kappa shape index (κ2) is 3.67. The monoisotopic (exact) mass is 181 g/mol. The van der Waals surface area contributed by atoms with Crippen molar-refractivity contribution in [3.8, 4) is 11.1 Å². The van der Waals surface area contributed by atoms with Gasteiger partial charge in [-0.25, -0.2) is 0 Å². The van der Waals surface area contributed by atoms with Gasteiger partial charge < -0.3 is 0 Å². The molecule has 0 fully saturated rings. The third kappa shape index (κ3) is 1.69. The Hall–Kier alpha value is -1.56. The molecule has 0 N–H and O–H groups in total. The third-order valence-corrected chi connectivity index (χ3v) is 2.37. The highest BCUT2D eigenvalue weighted by atomic mass is 14.0. The van der Waals surface area contributed by atoms with Crippen molar-refractivity contribution in [1.29, 1.82) is 0 Å². The van der Waals surface area contributed by atoms with Crippen molar-refractivity contribution >= 4 is 0 Å². The lowest BCUT2D eigenvalue weighted by Crippen LogP contribution is -1.84. The van der Waals surface area contributed by atoms with Gasteiger partial charge in [0.1, 0.15) is 0 Å². The van der Waals surface area contributed by atoms with Crippen LogP contribution in [0.2, 0.25) is 0 Å². The van der Waals surface area contributed by atoms with E-state index in [-0.39, 0.29) is 0 Å². The number of hydrogen-bond acceptors (Lipinski definition) is 0. The van der Waals surface area contributed by atoms with E-state index < -0.39 is 0 Å². The van der Waals surface area contributed by atoms with Crippen LogP contribution in [0, 0.1) is 19.9 Å². The minimum atomic E-state index is 1.20. The van der Waals surface area contributed by atoms with E-state index in [2.05, 4.69) is 56.3 Å². The van der Waals surface area contributed by atoms with Gasteiger partial charge in [0, 0.05) is 0 Å². The molecule has 69 valence electrons. The van der Waals surface area contributed by atoms with Crippen molar-refractivity contribution in [2.45, 2.75) is 13.8 Å². The summed E-state index contributed by atoms with van der Waals surface area (Å²) in [5, 5.41) is 0. The minimum absolute atomic E-state index is 1.20. The normalized spacial score (nSPS) is 10.1. The van der Waals surface area contributed by atoms with Crippen molar-refractivity contribution in [3.05, 3.63) is 59.7 Å². The number of rotatable bonds is 1. The highest BCUT2D eigenvalue weighted by molar-refractivity contribution is 5.67. The van der Waals surface area contributed by atoms with Crippen LogP contribution in [0.15, 0.2) is 42.5 Å². The molecule has 0 nitrogen and oxygen atoms in total. The summed E-state index contributed by atoms with van der Waals surface area (Å²) in [4.78, 5) is 0. The molecule has 14 heavy (non-hydrogen) atoms. The quantitative estimate of drug-likeness (QED) is 0.628. The lowest BCUT2D eigenvalue weighted by Gasteiger charge is -2.05. The molecular weight excluding hydrogens is 168 g/mol. The van der Waals surface area contributed by atoms with Gasteiger partial charge in [-0.05, 0) is 42.2 Å². The molecule has 0 aliphatic heterocycles. The topological polar surface area (TPSA) is 0 Å². The average molecular weight is 181 g/mol. The number of benzene rings is 2. The maximum absolute atomic E-state index is 3.34. The Labute approximate surface area is 85.2 Å². The Morgan fingerprint density at radius 2 is 1.57 bits per heavy atom. The van der Waals surface area contributed by atoms with Gasteiger partial charge in [-0.15, -0.1) is 0 Å². The summed E-state index contributed by atoms with van der Waals surface area (Å²) < 4.78 is 0. The molecule has 0 aromatic heterocycles. The van der Waals surface area contributed by atoms with Crippen molar-refractivity contribution in [2.75, 3.05) is 0 Å². The van der Waals surface area contributed by atoms with Crippen LogP contribution in [0.1, 0.15) is 11.1 Å². The van der Waals surface area contributed by atoms with Crippen LogP contribution >= 0.6 is 0 Å². The lowest BCUT2D eigenvalue weighted by molar-refractivity contribution is 1.37. The summed E-state index contributed by atoms with van der Waals surface area (Å²) in [6, 6.07) is 18.0. The fourth-order valence-electron chi connectivity index (χ4n) is 1.67. The van der Waals surface area contributed by atoms with E-state index in [0.717, 1.165) is 0 Å². The molecule has 0 atom stereocenters. The highest BCUT2D eigenvalue weighted by Gasteiger charge is 2.00. The van der Waals surface area contributed by atoms with Crippen LogP contribution in [0.3, 0.4) is 0 Å². The van der Waals surface area contributed by atoms with E-state index in [1.54, 1.807) is 0 Å². The number of hydrogen-bond donors (Lipinski definition) is 0. The Kier molecular flexibility index (Phi) is 2.36. The molecule has 0 saturated heterocycles. The molecular formula is C14H13. The van der Waals surface area contributed by atoms with Crippen LogP contribution in [0.4, 0.5) is 0 Å². The first kappa shape index (κ1) is 9.01.